The fourth-order valence-electron chi connectivity index (χ4n) is 2.54. The van der Waals surface area contributed by atoms with E-state index in [2.05, 4.69) is 26.2 Å². The van der Waals surface area contributed by atoms with Gasteiger partial charge in [0.05, 0.1) is 9.48 Å². The van der Waals surface area contributed by atoms with Gasteiger partial charge < -0.3 is 5.32 Å². The Morgan fingerprint density at radius 3 is 2.62 bits per heavy atom. The molecule has 0 atom stereocenters. The van der Waals surface area contributed by atoms with E-state index in [4.69, 9.17) is 0 Å². The highest BCUT2D eigenvalue weighted by molar-refractivity contribution is 9.11. The number of halogens is 1. The second-order valence-corrected chi connectivity index (χ2v) is 11.0. The number of thiophene rings is 1. The Labute approximate surface area is 157 Å². The summed E-state index contributed by atoms with van der Waals surface area (Å²) in [7, 11) is -3.47. The fourth-order valence-corrected chi connectivity index (χ4v) is 6.87. The van der Waals surface area contributed by atoms with Gasteiger partial charge in [0.2, 0.25) is 5.91 Å². The maximum atomic E-state index is 12.6. The van der Waals surface area contributed by atoms with Gasteiger partial charge in [-0.1, -0.05) is 0 Å². The molecule has 1 saturated heterocycles. The van der Waals surface area contributed by atoms with Crippen LogP contribution in [0.2, 0.25) is 0 Å². The summed E-state index contributed by atoms with van der Waals surface area (Å²) < 4.78 is 27.7. The molecule has 2 aromatic heterocycles. The molecule has 1 fully saturated rings. The molecule has 1 aliphatic heterocycles. The van der Waals surface area contributed by atoms with Crippen molar-refractivity contribution in [2.24, 2.45) is 5.92 Å². The monoisotopic (exact) mass is 449 g/mol. The van der Waals surface area contributed by atoms with E-state index in [1.54, 1.807) is 12.1 Å². The minimum atomic E-state index is -3.47. The Balaban J connectivity index is 1.60. The number of carbonyl (C=O) groups excluding carboxylic acids is 1. The Morgan fingerprint density at radius 2 is 2.08 bits per heavy atom. The number of nitrogens with one attached hydrogen (secondary N) is 1. The molecule has 0 saturated carbocycles. The van der Waals surface area contributed by atoms with Gasteiger partial charge in [-0.3, -0.25) is 4.79 Å². The lowest BCUT2D eigenvalue weighted by molar-refractivity contribution is -0.120. The second kappa shape index (κ2) is 7.20. The van der Waals surface area contributed by atoms with E-state index < -0.39 is 10.0 Å². The van der Waals surface area contributed by atoms with Gasteiger partial charge in [-0.05, 0) is 47.8 Å². The molecule has 0 aliphatic carbocycles. The number of piperidine rings is 1. The van der Waals surface area contributed by atoms with Crippen molar-refractivity contribution in [2.45, 2.75) is 24.0 Å². The quantitative estimate of drug-likeness (QED) is 0.775. The van der Waals surface area contributed by atoms with Gasteiger partial charge in [0.15, 0.2) is 5.13 Å². The molecule has 1 N–H and O–H groups in total. The summed E-state index contributed by atoms with van der Waals surface area (Å²) in [4.78, 5) is 16.5. The average molecular weight is 450 g/mol. The summed E-state index contributed by atoms with van der Waals surface area (Å²) >= 11 is 5.88. The van der Waals surface area contributed by atoms with Crippen LogP contribution in [0.3, 0.4) is 0 Å². The molecule has 3 heterocycles. The first kappa shape index (κ1) is 18.0. The number of nitrogens with zero attached hydrogens (tertiary/aromatic N) is 2. The second-order valence-electron chi connectivity index (χ2n) is 5.52. The van der Waals surface area contributed by atoms with Crippen LogP contribution in [-0.4, -0.2) is 36.7 Å². The molecule has 0 unspecified atom stereocenters. The Kier molecular flexibility index (Phi) is 5.40. The van der Waals surface area contributed by atoms with Crippen LogP contribution in [0.1, 0.15) is 18.5 Å². The van der Waals surface area contributed by atoms with Crippen molar-refractivity contribution < 1.29 is 13.2 Å². The Morgan fingerprint density at radius 1 is 1.38 bits per heavy atom. The highest BCUT2D eigenvalue weighted by Gasteiger charge is 2.33. The molecule has 1 aliphatic rings. The first-order valence-electron chi connectivity index (χ1n) is 7.35. The lowest BCUT2D eigenvalue weighted by Gasteiger charge is -2.29. The predicted octanol–water partition coefficient (Wildman–Crippen LogP) is 3.31. The topological polar surface area (TPSA) is 79.4 Å². The summed E-state index contributed by atoms with van der Waals surface area (Å²) in [6, 6.07) is 3.33. The summed E-state index contributed by atoms with van der Waals surface area (Å²) in [6.07, 6.45) is 1.03. The highest BCUT2D eigenvalue weighted by atomic mass is 79.9. The van der Waals surface area contributed by atoms with Crippen molar-refractivity contribution in [2.75, 3.05) is 18.4 Å². The first-order valence-corrected chi connectivity index (χ1v) is 11.3. The van der Waals surface area contributed by atoms with Crippen molar-refractivity contribution in [1.29, 1.82) is 0 Å². The number of aryl methyl sites for hydroxylation is 1. The van der Waals surface area contributed by atoms with Crippen LogP contribution in [0, 0.1) is 12.8 Å². The number of amides is 1. The summed E-state index contributed by atoms with van der Waals surface area (Å²) in [5.41, 5.74) is 0.873. The summed E-state index contributed by atoms with van der Waals surface area (Å²) in [5, 5.41) is 5.29. The molecule has 2 aromatic rings. The SMILES string of the molecule is Cc1csc(NC(=O)C2CCN(S(=O)(=O)c3ccc(Br)s3)CC2)n1. The molecule has 0 bridgehead atoms. The van der Waals surface area contributed by atoms with Crippen LogP contribution >= 0.6 is 38.6 Å². The van der Waals surface area contributed by atoms with Gasteiger partial charge in [0.1, 0.15) is 4.21 Å². The number of sulfonamides is 1. The zero-order chi connectivity index (χ0) is 17.3. The normalized spacial score (nSPS) is 17.1. The molecular formula is C14H16BrN3O3S3. The number of anilines is 1. The summed E-state index contributed by atoms with van der Waals surface area (Å²) in [5.74, 6) is -0.268. The number of hydrogen-bond acceptors (Lipinski definition) is 6. The number of thiazole rings is 1. The van der Waals surface area contributed by atoms with Crippen molar-refractivity contribution in [3.05, 3.63) is 27.0 Å². The average Bonchev–Trinajstić information content (AvgIpc) is 3.16. The molecule has 3 rings (SSSR count). The van der Waals surface area contributed by atoms with Crippen LogP contribution in [0.25, 0.3) is 0 Å². The van der Waals surface area contributed by atoms with E-state index in [1.807, 2.05) is 12.3 Å². The predicted molar refractivity (Wildman–Crippen MR) is 99.0 cm³/mol. The van der Waals surface area contributed by atoms with Crippen LogP contribution < -0.4 is 5.32 Å². The Bertz CT molecular complexity index is 838. The molecule has 0 radical (unpaired) electrons. The van der Waals surface area contributed by atoms with Gasteiger partial charge in [-0.25, -0.2) is 13.4 Å². The first-order chi connectivity index (χ1) is 11.4. The van der Waals surface area contributed by atoms with Crippen molar-refractivity contribution in [3.8, 4) is 0 Å². The molecule has 6 nitrogen and oxygen atoms in total. The Hall–Kier alpha value is -0.810. The standard InChI is InChI=1S/C14H16BrN3O3S3/c1-9-8-22-14(16-9)17-13(19)10-4-6-18(7-5-10)24(20,21)12-3-2-11(15)23-12/h2-3,8,10H,4-7H2,1H3,(H,16,17,19). The van der Waals surface area contributed by atoms with Gasteiger partial charge in [-0.2, -0.15) is 4.31 Å². The van der Waals surface area contributed by atoms with Gasteiger partial charge >= 0.3 is 0 Å². The summed E-state index contributed by atoms with van der Waals surface area (Å²) in [6.45, 7) is 2.58. The molecule has 0 aromatic carbocycles. The van der Waals surface area contributed by atoms with Crippen LogP contribution in [0.4, 0.5) is 5.13 Å². The lowest BCUT2D eigenvalue weighted by Crippen LogP contribution is -2.41. The van der Waals surface area contributed by atoms with Crippen molar-refractivity contribution in [1.82, 2.24) is 9.29 Å². The van der Waals surface area contributed by atoms with Crippen LogP contribution in [-0.2, 0) is 14.8 Å². The third-order valence-corrected chi connectivity index (χ3v) is 8.68. The fraction of sp³-hybridized carbons (Fsp3) is 0.429. The zero-order valence-corrected chi connectivity index (χ0v) is 16.9. The van der Waals surface area contributed by atoms with E-state index >= 15 is 0 Å². The maximum absolute atomic E-state index is 12.6. The molecule has 24 heavy (non-hydrogen) atoms. The largest absolute Gasteiger partial charge is 0.302 e. The molecule has 130 valence electrons. The third-order valence-electron chi connectivity index (χ3n) is 3.82. The smallest absolute Gasteiger partial charge is 0.252 e. The van der Waals surface area contributed by atoms with Crippen LogP contribution in [0.15, 0.2) is 25.5 Å². The molecular weight excluding hydrogens is 434 g/mol. The minimum Gasteiger partial charge on any atom is -0.302 e. The lowest BCUT2D eigenvalue weighted by atomic mass is 9.97. The third kappa shape index (κ3) is 3.88. The van der Waals surface area contributed by atoms with E-state index in [9.17, 15) is 13.2 Å². The molecule has 0 spiro atoms. The number of hydrogen-bond donors (Lipinski definition) is 1. The van der Waals surface area contributed by atoms with Crippen molar-refractivity contribution in [3.63, 3.8) is 0 Å². The zero-order valence-electron chi connectivity index (χ0n) is 12.9. The van der Waals surface area contributed by atoms with E-state index in [-0.39, 0.29) is 11.8 Å². The van der Waals surface area contributed by atoms with E-state index in [0.29, 0.717) is 35.3 Å². The highest BCUT2D eigenvalue weighted by Crippen LogP contribution is 2.31. The maximum Gasteiger partial charge on any atom is 0.252 e. The van der Waals surface area contributed by atoms with Gasteiger partial charge in [0, 0.05) is 24.4 Å². The number of aromatic nitrogens is 1. The minimum absolute atomic E-state index is 0.0831. The van der Waals surface area contributed by atoms with Gasteiger partial charge in [0.25, 0.3) is 10.0 Å². The van der Waals surface area contributed by atoms with Crippen molar-refractivity contribution >= 4 is 59.7 Å². The van der Waals surface area contributed by atoms with E-state index in [1.165, 1.54) is 27.0 Å². The number of carbonyl (C=O) groups is 1. The number of rotatable bonds is 4. The van der Waals surface area contributed by atoms with E-state index in [0.717, 1.165) is 9.48 Å². The van der Waals surface area contributed by atoms with Gasteiger partial charge in [-0.15, -0.1) is 22.7 Å². The molecule has 1 amide bonds. The van der Waals surface area contributed by atoms with Crippen LogP contribution in [0.5, 0.6) is 0 Å². The molecule has 10 heteroatoms.